The van der Waals surface area contributed by atoms with E-state index in [1.807, 2.05) is 36.4 Å². The number of hydrogen-bond donors (Lipinski definition) is 2. The molecule has 0 spiro atoms. The molecule has 0 unspecified atom stereocenters. The maximum atomic E-state index is 12.3. The van der Waals surface area contributed by atoms with Crippen LogP contribution in [0.1, 0.15) is 29.6 Å². The van der Waals surface area contributed by atoms with Gasteiger partial charge in [0.25, 0.3) is 5.91 Å². The Hall–Kier alpha value is -2.36. The van der Waals surface area contributed by atoms with Crippen molar-refractivity contribution in [3.63, 3.8) is 0 Å². The summed E-state index contributed by atoms with van der Waals surface area (Å²) in [6, 6.07) is 12.8. The zero-order valence-corrected chi connectivity index (χ0v) is 11.7. The number of hydrogen-bond acceptors (Lipinski definition) is 2. The Labute approximate surface area is 123 Å². The van der Waals surface area contributed by atoms with Crippen molar-refractivity contribution in [1.29, 1.82) is 0 Å². The SMILES string of the molecule is NC(=O)[C@H](CC1CC1)NC(=O)c1ccc2ccccc2c1. The van der Waals surface area contributed by atoms with Gasteiger partial charge in [0.1, 0.15) is 6.04 Å². The van der Waals surface area contributed by atoms with Gasteiger partial charge in [-0.05, 0) is 35.2 Å². The van der Waals surface area contributed by atoms with Crippen molar-refractivity contribution in [2.75, 3.05) is 0 Å². The number of amides is 2. The summed E-state index contributed by atoms with van der Waals surface area (Å²) in [5.74, 6) is -0.180. The Balaban J connectivity index is 1.77. The van der Waals surface area contributed by atoms with E-state index >= 15 is 0 Å². The Morgan fingerprint density at radius 2 is 1.86 bits per heavy atom. The second-order valence-electron chi connectivity index (χ2n) is 5.67. The minimum absolute atomic E-state index is 0.245. The van der Waals surface area contributed by atoms with Crippen molar-refractivity contribution < 1.29 is 9.59 Å². The molecule has 0 saturated heterocycles. The standard InChI is InChI=1S/C17H18N2O2/c18-16(20)15(9-11-5-6-11)19-17(21)14-8-7-12-3-1-2-4-13(12)10-14/h1-4,7-8,10-11,15H,5-6,9H2,(H2,18,20)(H,19,21)/t15-/m0/s1. The first-order valence-electron chi connectivity index (χ1n) is 7.22. The van der Waals surface area contributed by atoms with Crippen LogP contribution in [0.25, 0.3) is 10.8 Å². The largest absolute Gasteiger partial charge is 0.368 e. The number of rotatable bonds is 5. The van der Waals surface area contributed by atoms with Crippen LogP contribution >= 0.6 is 0 Å². The normalized spacial score (nSPS) is 15.6. The van der Waals surface area contributed by atoms with Gasteiger partial charge in [0.15, 0.2) is 0 Å². The molecule has 4 heteroatoms. The predicted molar refractivity (Wildman–Crippen MR) is 81.7 cm³/mol. The molecular weight excluding hydrogens is 264 g/mol. The van der Waals surface area contributed by atoms with E-state index in [-0.39, 0.29) is 5.91 Å². The molecule has 3 rings (SSSR count). The third kappa shape index (κ3) is 3.21. The van der Waals surface area contributed by atoms with Crippen LogP contribution < -0.4 is 11.1 Å². The second kappa shape index (κ2) is 5.56. The summed E-state index contributed by atoms with van der Waals surface area (Å²) >= 11 is 0. The lowest BCUT2D eigenvalue weighted by Gasteiger charge is -2.15. The summed E-state index contributed by atoms with van der Waals surface area (Å²) < 4.78 is 0. The summed E-state index contributed by atoms with van der Waals surface area (Å²) in [5, 5.41) is 4.84. The first kappa shape index (κ1) is 13.6. The Kier molecular flexibility index (Phi) is 3.60. The molecule has 3 N–H and O–H groups in total. The van der Waals surface area contributed by atoms with Crippen molar-refractivity contribution >= 4 is 22.6 Å². The van der Waals surface area contributed by atoms with Crippen LogP contribution in [-0.2, 0) is 4.79 Å². The molecule has 0 bridgehead atoms. The van der Waals surface area contributed by atoms with Gasteiger partial charge in [-0.3, -0.25) is 9.59 Å². The third-order valence-electron chi connectivity index (χ3n) is 3.93. The highest BCUT2D eigenvalue weighted by Crippen LogP contribution is 2.33. The molecule has 1 atom stereocenters. The minimum Gasteiger partial charge on any atom is -0.368 e. The molecule has 0 radical (unpaired) electrons. The van der Waals surface area contributed by atoms with Gasteiger partial charge in [0, 0.05) is 5.56 Å². The van der Waals surface area contributed by atoms with Gasteiger partial charge in [-0.15, -0.1) is 0 Å². The van der Waals surface area contributed by atoms with Gasteiger partial charge in [0.05, 0.1) is 0 Å². The molecule has 0 heterocycles. The average molecular weight is 282 g/mol. The highest BCUT2D eigenvalue weighted by molar-refractivity contribution is 6.00. The van der Waals surface area contributed by atoms with Crippen molar-refractivity contribution in [3.8, 4) is 0 Å². The van der Waals surface area contributed by atoms with E-state index in [9.17, 15) is 9.59 Å². The number of carbonyl (C=O) groups is 2. The van der Waals surface area contributed by atoms with Crippen molar-refractivity contribution in [3.05, 3.63) is 48.0 Å². The maximum absolute atomic E-state index is 12.3. The van der Waals surface area contributed by atoms with Crippen LogP contribution in [0.2, 0.25) is 0 Å². The number of carbonyl (C=O) groups excluding carboxylic acids is 2. The molecule has 4 nitrogen and oxygen atoms in total. The summed E-state index contributed by atoms with van der Waals surface area (Å²) in [6.45, 7) is 0. The Bertz CT molecular complexity index is 692. The maximum Gasteiger partial charge on any atom is 0.251 e. The fraction of sp³-hybridized carbons (Fsp3) is 0.294. The topological polar surface area (TPSA) is 72.2 Å². The molecule has 1 aliphatic carbocycles. The zero-order valence-electron chi connectivity index (χ0n) is 11.7. The average Bonchev–Trinajstić information content (AvgIpc) is 3.30. The molecule has 1 saturated carbocycles. The van der Waals surface area contributed by atoms with E-state index in [1.54, 1.807) is 6.07 Å². The lowest BCUT2D eigenvalue weighted by Crippen LogP contribution is -2.44. The van der Waals surface area contributed by atoms with Gasteiger partial charge in [-0.2, -0.15) is 0 Å². The number of nitrogens with one attached hydrogen (secondary N) is 1. The number of fused-ring (bicyclic) bond motifs is 1. The first-order chi connectivity index (χ1) is 10.1. The second-order valence-corrected chi connectivity index (χ2v) is 5.67. The van der Waals surface area contributed by atoms with E-state index in [0.29, 0.717) is 17.9 Å². The monoisotopic (exact) mass is 282 g/mol. The van der Waals surface area contributed by atoms with Crippen molar-refractivity contribution in [2.45, 2.75) is 25.3 Å². The smallest absolute Gasteiger partial charge is 0.251 e. The van der Waals surface area contributed by atoms with Gasteiger partial charge >= 0.3 is 0 Å². The van der Waals surface area contributed by atoms with Crippen LogP contribution in [0.4, 0.5) is 0 Å². The van der Waals surface area contributed by atoms with E-state index in [1.165, 1.54) is 0 Å². The highest BCUT2D eigenvalue weighted by Gasteiger charge is 2.29. The van der Waals surface area contributed by atoms with Crippen LogP contribution in [0.5, 0.6) is 0 Å². The molecular formula is C17H18N2O2. The first-order valence-corrected chi connectivity index (χ1v) is 7.22. The zero-order chi connectivity index (χ0) is 14.8. The predicted octanol–water partition coefficient (Wildman–Crippen LogP) is 2.22. The summed E-state index contributed by atoms with van der Waals surface area (Å²) in [5.41, 5.74) is 5.93. The molecule has 0 aliphatic heterocycles. The fourth-order valence-electron chi connectivity index (χ4n) is 2.51. The lowest BCUT2D eigenvalue weighted by molar-refractivity contribution is -0.120. The molecule has 0 aromatic heterocycles. The van der Waals surface area contributed by atoms with Gasteiger partial charge < -0.3 is 11.1 Å². The number of primary amides is 1. The van der Waals surface area contributed by atoms with E-state index in [0.717, 1.165) is 23.6 Å². The van der Waals surface area contributed by atoms with Crippen LogP contribution in [0.3, 0.4) is 0 Å². The Morgan fingerprint density at radius 1 is 1.14 bits per heavy atom. The molecule has 21 heavy (non-hydrogen) atoms. The van der Waals surface area contributed by atoms with Crippen LogP contribution in [0, 0.1) is 5.92 Å². The summed E-state index contributed by atoms with van der Waals surface area (Å²) in [6.07, 6.45) is 2.89. The van der Waals surface area contributed by atoms with Gasteiger partial charge in [0.2, 0.25) is 5.91 Å². The van der Waals surface area contributed by atoms with Crippen LogP contribution in [-0.4, -0.2) is 17.9 Å². The van der Waals surface area contributed by atoms with E-state index in [4.69, 9.17) is 5.73 Å². The summed E-state index contributed by atoms with van der Waals surface area (Å²) in [4.78, 5) is 23.7. The quantitative estimate of drug-likeness (QED) is 0.882. The molecule has 108 valence electrons. The molecule has 2 amide bonds. The molecule has 1 fully saturated rings. The highest BCUT2D eigenvalue weighted by atomic mass is 16.2. The van der Waals surface area contributed by atoms with E-state index in [2.05, 4.69) is 5.32 Å². The summed E-state index contributed by atoms with van der Waals surface area (Å²) in [7, 11) is 0. The third-order valence-corrected chi connectivity index (χ3v) is 3.93. The number of benzene rings is 2. The minimum atomic E-state index is -0.573. The molecule has 1 aliphatic rings. The number of nitrogens with two attached hydrogens (primary N) is 1. The van der Waals surface area contributed by atoms with Crippen molar-refractivity contribution in [2.24, 2.45) is 11.7 Å². The Morgan fingerprint density at radius 3 is 2.52 bits per heavy atom. The molecule has 2 aromatic carbocycles. The lowest BCUT2D eigenvalue weighted by atomic mass is 10.1. The van der Waals surface area contributed by atoms with Crippen molar-refractivity contribution in [1.82, 2.24) is 5.32 Å². The van der Waals surface area contributed by atoms with Gasteiger partial charge in [-0.25, -0.2) is 0 Å². The fourth-order valence-corrected chi connectivity index (χ4v) is 2.51. The van der Waals surface area contributed by atoms with Crippen LogP contribution in [0.15, 0.2) is 42.5 Å². The molecule has 2 aromatic rings. The van der Waals surface area contributed by atoms with E-state index < -0.39 is 11.9 Å². The van der Waals surface area contributed by atoms with Gasteiger partial charge in [-0.1, -0.05) is 43.2 Å².